The van der Waals surface area contributed by atoms with Crippen molar-refractivity contribution in [1.29, 1.82) is 5.41 Å². The molecule has 0 aliphatic heterocycles. The molecule has 0 aromatic carbocycles. The third-order valence-electron chi connectivity index (χ3n) is 2.98. The standard InChI is InChI=1S/C14H24N4/c1-4-5-6-9-18(11(2)3)13-8-7-12(10-17-13)14(15)16/h7-8,10-11H,4-6,9H2,1-3H3,(H3,15,16). The molecule has 1 rings (SSSR count). The van der Waals surface area contributed by atoms with Gasteiger partial charge in [0.25, 0.3) is 0 Å². The lowest BCUT2D eigenvalue weighted by Crippen LogP contribution is -2.32. The predicted octanol–water partition coefficient (Wildman–Crippen LogP) is 2.77. The van der Waals surface area contributed by atoms with Gasteiger partial charge in [0.15, 0.2) is 0 Å². The highest BCUT2D eigenvalue weighted by Gasteiger charge is 2.11. The summed E-state index contributed by atoms with van der Waals surface area (Å²) in [6.07, 6.45) is 5.33. The highest BCUT2D eigenvalue weighted by Crippen LogP contribution is 2.15. The third kappa shape index (κ3) is 4.02. The SMILES string of the molecule is CCCCCN(c1ccc(C(=N)N)cn1)C(C)C. The monoisotopic (exact) mass is 248 g/mol. The minimum absolute atomic E-state index is 0.0659. The molecule has 100 valence electrons. The van der Waals surface area contributed by atoms with Crippen molar-refractivity contribution in [3.8, 4) is 0 Å². The van der Waals surface area contributed by atoms with Gasteiger partial charge in [-0.15, -0.1) is 0 Å². The van der Waals surface area contributed by atoms with Crippen molar-refractivity contribution in [3.63, 3.8) is 0 Å². The zero-order valence-electron chi connectivity index (χ0n) is 11.6. The van der Waals surface area contributed by atoms with Gasteiger partial charge in [-0.05, 0) is 32.4 Å². The smallest absolute Gasteiger partial charge is 0.128 e. The van der Waals surface area contributed by atoms with Crippen LogP contribution in [0.4, 0.5) is 5.82 Å². The van der Waals surface area contributed by atoms with Crippen molar-refractivity contribution in [2.24, 2.45) is 5.73 Å². The van der Waals surface area contributed by atoms with Crippen molar-refractivity contribution in [1.82, 2.24) is 4.98 Å². The number of unbranched alkanes of at least 4 members (excludes halogenated alkanes) is 2. The Bertz CT molecular complexity index is 370. The zero-order chi connectivity index (χ0) is 13.5. The first kappa shape index (κ1) is 14.5. The van der Waals surface area contributed by atoms with Crippen LogP contribution in [-0.2, 0) is 0 Å². The fourth-order valence-electron chi connectivity index (χ4n) is 1.88. The van der Waals surface area contributed by atoms with E-state index in [0.717, 1.165) is 12.4 Å². The van der Waals surface area contributed by atoms with Gasteiger partial charge in [-0.25, -0.2) is 4.98 Å². The van der Waals surface area contributed by atoms with Crippen LogP contribution in [-0.4, -0.2) is 23.4 Å². The average molecular weight is 248 g/mol. The maximum atomic E-state index is 7.36. The van der Waals surface area contributed by atoms with E-state index >= 15 is 0 Å². The van der Waals surface area contributed by atoms with E-state index in [0.29, 0.717) is 11.6 Å². The molecule has 0 fully saturated rings. The van der Waals surface area contributed by atoms with Gasteiger partial charge >= 0.3 is 0 Å². The second-order valence-corrected chi connectivity index (χ2v) is 4.81. The van der Waals surface area contributed by atoms with Gasteiger partial charge in [-0.2, -0.15) is 0 Å². The quantitative estimate of drug-likeness (QED) is 0.443. The highest BCUT2D eigenvalue weighted by molar-refractivity contribution is 5.94. The topological polar surface area (TPSA) is 66.0 Å². The molecule has 1 aromatic rings. The molecule has 0 radical (unpaired) electrons. The van der Waals surface area contributed by atoms with Crippen LogP contribution in [0.1, 0.15) is 45.6 Å². The molecule has 1 heterocycles. The highest BCUT2D eigenvalue weighted by atomic mass is 15.2. The van der Waals surface area contributed by atoms with Gasteiger partial charge in [-0.3, -0.25) is 5.41 Å². The molecule has 1 aromatic heterocycles. The summed E-state index contributed by atoms with van der Waals surface area (Å²) in [4.78, 5) is 6.70. The molecule has 0 saturated carbocycles. The normalized spacial score (nSPS) is 10.7. The summed E-state index contributed by atoms with van der Waals surface area (Å²) in [6, 6.07) is 4.24. The first-order valence-corrected chi connectivity index (χ1v) is 6.63. The minimum atomic E-state index is 0.0659. The Morgan fingerprint density at radius 1 is 1.39 bits per heavy atom. The van der Waals surface area contributed by atoms with Crippen molar-refractivity contribution < 1.29 is 0 Å². The summed E-state index contributed by atoms with van der Waals surface area (Å²) >= 11 is 0. The van der Waals surface area contributed by atoms with E-state index in [1.807, 2.05) is 12.1 Å². The van der Waals surface area contributed by atoms with E-state index in [1.54, 1.807) is 6.20 Å². The molecule has 0 unspecified atom stereocenters. The molecule has 4 heteroatoms. The molecule has 0 saturated heterocycles. The Balaban J connectivity index is 2.75. The second-order valence-electron chi connectivity index (χ2n) is 4.81. The van der Waals surface area contributed by atoms with E-state index in [4.69, 9.17) is 11.1 Å². The zero-order valence-corrected chi connectivity index (χ0v) is 11.6. The summed E-state index contributed by atoms with van der Waals surface area (Å²) in [5.74, 6) is 1.03. The number of nitrogens with zero attached hydrogens (tertiary/aromatic N) is 2. The van der Waals surface area contributed by atoms with E-state index in [9.17, 15) is 0 Å². The van der Waals surface area contributed by atoms with Crippen molar-refractivity contribution in [2.45, 2.75) is 46.1 Å². The number of aromatic nitrogens is 1. The molecule has 0 bridgehead atoms. The van der Waals surface area contributed by atoms with Gasteiger partial charge in [0.05, 0.1) is 0 Å². The molecule has 0 spiro atoms. The first-order valence-electron chi connectivity index (χ1n) is 6.63. The van der Waals surface area contributed by atoms with Crippen LogP contribution in [0, 0.1) is 5.41 Å². The van der Waals surface area contributed by atoms with Crippen molar-refractivity contribution >= 4 is 11.7 Å². The molecule has 4 nitrogen and oxygen atoms in total. The number of nitrogens with one attached hydrogen (secondary N) is 1. The van der Waals surface area contributed by atoms with Crippen molar-refractivity contribution in [2.75, 3.05) is 11.4 Å². The van der Waals surface area contributed by atoms with E-state index in [1.165, 1.54) is 19.3 Å². The second kappa shape index (κ2) is 6.99. The number of anilines is 1. The van der Waals surface area contributed by atoms with Crippen LogP contribution in [0.2, 0.25) is 0 Å². The number of nitrogens with two attached hydrogens (primary N) is 1. The summed E-state index contributed by atoms with van der Waals surface area (Å²) in [7, 11) is 0. The molecule has 18 heavy (non-hydrogen) atoms. The number of rotatable bonds is 7. The maximum Gasteiger partial charge on any atom is 0.128 e. The van der Waals surface area contributed by atoms with Gasteiger partial charge in [-0.1, -0.05) is 19.8 Å². The van der Waals surface area contributed by atoms with Crippen LogP contribution < -0.4 is 10.6 Å². The van der Waals surface area contributed by atoms with Crippen LogP contribution in [0.5, 0.6) is 0 Å². The molecule has 0 atom stereocenters. The molecular formula is C14H24N4. The maximum absolute atomic E-state index is 7.36. The van der Waals surface area contributed by atoms with E-state index < -0.39 is 0 Å². The lowest BCUT2D eigenvalue weighted by atomic mass is 10.2. The van der Waals surface area contributed by atoms with Crippen LogP contribution in [0.15, 0.2) is 18.3 Å². The van der Waals surface area contributed by atoms with Gasteiger partial charge < -0.3 is 10.6 Å². The Kier molecular flexibility index (Phi) is 5.62. The average Bonchev–Trinajstić information content (AvgIpc) is 2.34. The Hall–Kier alpha value is -1.58. The molecule has 0 aliphatic carbocycles. The number of hydrogen-bond acceptors (Lipinski definition) is 3. The summed E-state index contributed by atoms with van der Waals surface area (Å²) < 4.78 is 0. The molecule has 0 amide bonds. The Labute approximate surface area is 110 Å². The van der Waals surface area contributed by atoms with Crippen LogP contribution in [0.25, 0.3) is 0 Å². The Morgan fingerprint density at radius 2 is 2.11 bits per heavy atom. The Morgan fingerprint density at radius 3 is 2.56 bits per heavy atom. The number of pyridine rings is 1. The molecule has 0 aliphatic rings. The number of amidine groups is 1. The fourth-order valence-corrected chi connectivity index (χ4v) is 1.88. The lowest BCUT2D eigenvalue weighted by molar-refractivity contribution is 0.620. The summed E-state index contributed by atoms with van der Waals surface area (Å²) in [5, 5.41) is 7.36. The third-order valence-corrected chi connectivity index (χ3v) is 2.98. The van der Waals surface area contributed by atoms with Crippen molar-refractivity contribution in [3.05, 3.63) is 23.9 Å². The van der Waals surface area contributed by atoms with Crippen LogP contribution in [0.3, 0.4) is 0 Å². The molecule has 3 N–H and O–H groups in total. The number of nitrogen functional groups attached to an aromatic ring is 1. The molecular weight excluding hydrogens is 224 g/mol. The van der Waals surface area contributed by atoms with Gasteiger partial charge in [0.2, 0.25) is 0 Å². The minimum Gasteiger partial charge on any atom is -0.384 e. The predicted molar refractivity (Wildman–Crippen MR) is 77.3 cm³/mol. The van der Waals surface area contributed by atoms with Gasteiger partial charge in [0, 0.05) is 24.3 Å². The summed E-state index contributed by atoms with van der Waals surface area (Å²) in [5.41, 5.74) is 6.10. The summed E-state index contributed by atoms with van der Waals surface area (Å²) in [6.45, 7) is 7.58. The van der Waals surface area contributed by atoms with Crippen LogP contribution >= 0.6 is 0 Å². The number of hydrogen-bond donors (Lipinski definition) is 2. The van der Waals surface area contributed by atoms with E-state index in [2.05, 4.69) is 30.7 Å². The van der Waals surface area contributed by atoms with E-state index in [-0.39, 0.29) is 5.84 Å². The first-order chi connectivity index (χ1) is 8.56. The fraction of sp³-hybridized carbons (Fsp3) is 0.571. The lowest BCUT2D eigenvalue weighted by Gasteiger charge is -2.28. The van der Waals surface area contributed by atoms with Gasteiger partial charge in [0.1, 0.15) is 11.7 Å². The largest absolute Gasteiger partial charge is 0.384 e.